The van der Waals surface area contributed by atoms with Crippen LogP contribution in [-0.4, -0.2) is 15.9 Å². The molecule has 0 aliphatic rings. The predicted molar refractivity (Wildman–Crippen MR) is 103 cm³/mol. The number of benzene rings is 2. The van der Waals surface area contributed by atoms with Gasteiger partial charge in [-0.1, -0.05) is 30.3 Å². The van der Waals surface area contributed by atoms with Crippen LogP contribution < -0.4 is 10.6 Å². The van der Waals surface area contributed by atoms with E-state index in [1.165, 1.54) is 0 Å². The average Bonchev–Trinajstić information content (AvgIpc) is 2.58. The summed E-state index contributed by atoms with van der Waals surface area (Å²) >= 11 is 3.42. The lowest BCUT2D eigenvalue weighted by Crippen LogP contribution is -2.15. The second-order valence-electron chi connectivity index (χ2n) is 5.56. The Morgan fingerprint density at radius 3 is 2.36 bits per heavy atom. The topological polar surface area (TPSA) is 66.9 Å². The Labute approximate surface area is 154 Å². The maximum absolute atomic E-state index is 12.5. The molecule has 25 heavy (non-hydrogen) atoms. The summed E-state index contributed by atoms with van der Waals surface area (Å²) in [5, 5.41) is 6.10. The Morgan fingerprint density at radius 2 is 1.64 bits per heavy atom. The summed E-state index contributed by atoms with van der Waals surface area (Å²) in [6.45, 7) is 3.77. The number of rotatable bonds is 4. The van der Waals surface area contributed by atoms with Crippen LogP contribution in [0, 0.1) is 13.8 Å². The van der Waals surface area contributed by atoms with Crippen LogP contribution in [0.1, 0.15) is 21.9 Å². The summed E-state index contributed by atoms with van der Waals surface area (Å²) in [4.78, 5) is 21.2. The number of para-hydroxylation sites is 2. The van der Waals surface area contributed by atoms with E-state index in [0.717, 1.165) is 15.7 Å². The van der Waals surface area contributed by atoms with E-state index >= 15 is 0 Å². The molecule has 0 unspecified atom stereocenters. The van der Waals surface area contributed by atoms with Crippen molar-refractivity contribution in [2.45, 2.75) is 13.8 Å². The molecule has 3 aromatic rings. The maximum Gasteiger partial charge on any atom is 0.274 e. The lowest BCUT2D eigenvalue weighted by Gasteiger charge is -2.11. The highest BCUT2D eigenvalue weighted by atomic mass is 79.9. The van der Waals surface area contributed by atoms with Gasteiger partial charge < -0.3 is 10.6 Å². The number of carbonyl (C=O) groups is 1. The van der Waals surface area contributed by atoms with Gasteiger partial charge >= 0.3 is 0 Å². The third-order valence-electron chi connectivity index (χ3n) is 3.60. The molecule has 5 nitrogen and oxygen atoms in total. The largest absolute Gasteiger partial charge is 0.340 e. The molecule has 0 aliphatic carbocycles. The molecule has 0 fully saturated rings. The first-order chi connectivity index (χ1) is 12.0. The lowest BCUT2D eigenvalue weighted by atomic mass is 10.2. The normalized spacial score (nSPS) is 10.4. The van der Waals surface area contributed by atoms with Crippen molar-refractivity contribution in [1.82, 2.24) is 9.97 Å². The van der Waals surface area contributed by atoms with Crippen molar-refractivity contribution in [3.05, 3.63) is 76.2 Å². The number of aromatic nitrogens is 2. The number of hydrogen-bond acceptors (Lipinski definition) is 4. The first kappa shape index (κ1) is 17.1. The van der Waals surface area contributed by atoms with E-state index in [1.807, 2.05) is 55.5 Å². The van der Waals surface area contributed by atoms with Crippen LogP contribution in [0.4, 0.5) is 17.2 Å². The lowest BCUT2D eigenvalue weighted by molar-refractivity contribution is 0.102. The molecule has 126 valence electrons. The highest BCUT2D eigenvalue weighted by molar-refractivity contribution is 9.10. The number of aryl methyl sites for hydroxylation is 2. The fourth-order valence-corrected chi connectivity index (χ4v) is 2.73. The van der Waals surface area contributed by atoms with Crippen LogP contribution in [0.15, 0.2) is 59.1 Å². The van der Waals surface area contributed by atoms with Crippen LogP contribution in [0.2, 0.25) is 0 Å². The Bertz CT molecular complexity index is 927. The monoisotopic (exact) mass is 396 g/mol. The summed E-state index contributed by atoms with van der Waals surface area (Å²) in [5.74, 6) is 0.820. The summed E-state index contributed by atoms with van der Waals surface area (Å²) in [5.41, 5.74) is 3.03. The van der Waals surface area contributed by atoms with E-state index < -0.39 is 0 Å². The minimum atomic E-state index is -0.287. The number of nitrogens with zero attached hydrogens (tertiary/aromatic N) is 2. The number of hydrogen-bond donors (Lipinski definition) is 2. The first-order valence-corrected chi connectivity index (χ1v) is 8.56. The van der Waals surface area contributed by atoms with Crippen LogP contribution in [0.25, 0.3) is 0 Å². The summed E-state index contributed by atoms with van der Waals surface area (Å²) in [6, 6.07) is 17.0. The SMILES string of the molecule is Cc1nc(Nc2ccccc2C)cc(C(=O)Nc2ccccc2Br)n1. The standard InChI is InChI=1S/C19H17BrN4O/c1-12-7-3-5-9-15(12)23-18-11-17(21-13(2)22-18)19(25)24-16-10-6-4-8-14(16)20/h3-11H,1-2H3,(H,24,25)(H,21,22,23). The summed E-state index contributed by atoms with van der Waals surface area (Å²) in [6.07, 6.45) is 0. The zero-order valence-corrected chi connectivity index (χ0v) is 15.5. The Hall–Kier alpha value is -2.73. The molecule has 0 atom stereocenters. The van der Waals surface area contributed by atoms with Gasteiger partial charge in [0.2, 0.25) is 0 Å². The maximum atomic E-state index is 12.5. The molecule has 2 N–H and O–H groups in total. The predicted octanol–water partition coefficient (Wildman–Crippen LogP) is 4.85. The minimum absolute atomic E-state index is 0.287. The third-order valence-corrected chi connectivity index (χ3v) is 4.29. The number of halogens is 1. The van der Waals surface area contributed by atoms with Gasteiger partial charge in [-0.05, 0) is 53.5 Å². The van der Waals surface area contributed by atoms with Gasteiger partial charge in [-0.25, -0.2) is 9.97 Å². The number of anilines is 3. The number of amides is 1. The van der Waals surface area contributed by atoms with Gasteiger partial charge in [0.05, 0.1) is 5.69 Å². The van der Waals surface area contributed by atoms with Gasteiger partial charge in [0.1, 0.15) is 17.3 Å². The van der Waals surface area contributed by atoms with Crippen LogP contribution in [0.5, 0.6) is 0 Å². The smallest absolute Gasteiger partial charge is 0.274 e. The first-order valence-electron chi connectivity index (χ1n) is 7.77. The number of carbonyl (C=O) groups excluding carboxylic acids is 1. The van der Waals surface area contributed by atoms with Crippen molar-refractivity contribution in [1.29, 1.82) is 0 Å². The van der Waals surface area contributed by atoms with E-state index in [9.17, 15) is 4.79 Å². The van der Waals surface area contributed by atoms with Crippen molar-refractivity contribution in [2.75, 3.05) is 10.6 Å². The van der Waals surface area contributed by atoms with Crippen molar-refractivity contribution >= 4 is 39.0 Å². The molecular formula is C19H17BrN4O. The van der Waals surface area contributed by atoms with E-state index in [-0.39, 0.29) is 5.91 Å². The zero-order valence-electron chi connectivity index (χ0n) is 13.9. The highest BCUT2D eigenvalue weighted by Gasteiger charge is 2.12. The van der Waals surface area contributed by atoms with Crippen molar-refractivity contribution in [2.24, 2.45) is 0 Å². The molecule has 6 heteroatoms. The van der Waals surface area contributed by atoms with E-state index in [0.29, 0.717) is 23.0 Å². The Morgan fingerprint density at radius 1 is 0.960 bits per heavy atom. The molecule has 3 rings (SSSR count). The Balaban J connectivity index is 1.85. The van der Waals surface area contributed by atoms with Gasteiger partial charge in [0, 0.05) is 16.2 Å². The van der Waals surface area contributed by atoms with Crippen molar-refractivity contribution in [3.8, 4) is 0 Å². The molecule has 1 amide bonds. The molecule has 0 aliphatic heterocycles. The third kappa shape index (κ3) is 4.22. The fourth-order valence-electron chi connectivity index (χ4n) is 2.35. The molecule has 0 spiro atoms. The molecule has 2 aromatic carbocycles. The molecule has 0 saturated carbocycles. The van der Waals surface area contributed by atoms with Gasteiger partial charge in [-0.15, -0.1) is 0 Å². The van der Waals surface area contributed by atoms with Crippen LogP contribution in [-0.2, 0) is 0 Å². The molecule has 0 saturated heterocycles. The van der Waals surface area contributed by atoms with Crippen LogP contribution in [0.3, 0.4) is 0 Å². The van der Waals surface area contributed by atoms with E-state index in [1.54, 1.807) is 13.0 Å². The molecular weight excluding hydrogens is 380 g/mol. The minimum Gasteiger partial charge on any atom is -0.340 e. The van der Waals surface area contributed by atoms with Crippen molar-refractivity contribution in [3.63, 3.8) is 0 Å². The summed E-state index contributed by atoms with van der Waals surface area (Å²) < 4.78 is 0.812. The van der Waals surface area contributed by atoms with Gasteiger partial charge in [0.25, 0.3) is 5.91 Å². The quantitative estimate of drug-likeness (QED) is 0.661. The molecule has 0 bridgehead atoms. The van der Waals surface area contributed by atoms with Crippen molar-refractivity contribution < 1.29 is 4.79 Å². The molecule has 1 aromatic heterocycles. The average molecular weight is 397 g/mol. The fraction of sp³-hybridized carbons (Fsp3) is 0.105. The van der Waals surface area contributed by atoms with Gasteiger partial charge in [-0.3, -0.25) is 4.79 Å². The molecule has 1 heterocycles. The highest BCUT2D eigenvalue weighted by Crippen LogP contribution is 2.23. The van der Waals surface area contributed by atoms with E-state index in [2.05, 4.69) is 36.5 Å². The van der Waals surface area contributed by atoms with Crippen LogP contribution >= 0.6 is 15.9 Å². The zero-order chi connectivity index (χ0) is 17.8. The second kappa shape index (κ2) is 7.44. The second-order valence-corrected chi connectivity index (χ2v) is 6.41. The van der Waals surface area contributed by atoms with Gasteiger partial charge in [0.15, 0.2) is 0 Å². The summed E-state index contributed by atoms with van der Waals surface area (Å²) in [7, 11) is 0. The number of nitrogens with one attached hydrogen (secondary N) is 2. The molecule has 0 radical (unpaired) electrons. The Kier molecular flexibility index (Phi) is 5.09. The van der Waals surface area contributed by atoms with E-state index in [4.69, 9.17) is 0 Å². The van der Waals surface area contributed by atoms with Gasteiger partial charge in [-0.2, -0.15) is 0 Å².